The van der Waals surface area contributed by atoms with Gasteiger partial charge in [-0.2, -0.15) is 9.97 Å². The van der Waals surface area contributed by atoms with Crippen LogP contribution in [0.25, 0.3) is 0 Å². The van der Waals surface area contributed by atoms with Gasteiger partial charge in [-0.05, 0) is 18.4 Å². The van der Waals surface area contributed by atoms with Gasteiger partial charge in [0.15, 0.2) is 0 Å². The SMILES string of the molecule is CC(C)c1nc(N)nc(C2(c3ccccc3)CC2)n1. The minimum Gasteiger partial charge on any atom is -0.368 e. The van der Waals surface area contributed by atoms with Crippen LogP contribution in [0.5, 0.6) is 0 Å². The molecule has 0 radical (unpaired) electrons. The third-order valence-electron chi connectivity index (χ3n) is 3.69. The van der Waals surface area contributed by atoms with Gasteiger partial charge in [0.1, 0.15) is 11.6 Å². The molecule has 3 rings (SSSR count). The van der Waals surface area contributed by atoms with Crippen LogP contribution in [0.2, 0.25) is 0 Å². The van der Waals surface area contributed by atoms with E-state index in [0.717, 1.165) is 24.5 Å². The lowest BCUT2D eigenvalue weighted by Gasteiger charge is -2.16. The Kier molecular flexibility index (Phi) is 2.73. The summed E-state index contributed by atoms with van der Waals surface area (Å²) in [5.74, 6) is 2.20. The third-order valence-corrected chi connectivity index (χ3v) is 3.69. The Bertz CT molecular complexity index is 588. The Labute approximate surface area is 113 Å². The standard InChI is InChI=1S/C15H18N4/c1-10(2)12-17-13(19-14(16)18-12)15(8-9-15)11-6-4-3-5-7-11/h3-7,10H,8-9H2,1-2H3,(H2,16,17,18,19). The zero-order valence-electron chi connectivity index (χ0n) is 11.3. The highest BCUT2D eigenvalue weighted by Gasteiger charge is 2.49. The minimum atomic E-state index is -0.0397. The van der Waals surface area contributed by atoms with Gasteiger partial charge in [-0.15, -0.1) is 0 Å². The van der Waals surface area contributed by atoms with Crippen LogP contribution < -0.4 is 5.73 Å². The predicted octanol–water partition coefficient (Wildman–Crippen LogP) is 2.66. The average Bonchev–Trinajstić information content (AvgIpc) is 3.20. The number of hydrogen-bond acceptors (Lipinski definition) is 4. The molecule has 4 nitrogen and oxygen atoms in total. The summed E-state index contributed by atoms with van der Waals surface area (Å²) in [5, 5.41) is 0. The maximum atomic E-state index is 5.84. The van der Waals surface area contributed by atoms with E-state index in [-0.39, 0.29) is 11.3 Å². The lowest BCUT2D eigenvalue weighted by molar-refractivity contribution is 0.688. The van der Waals surface area contributed by atoms with Crippen molar-refractivity contribution in [2.45, 2.75) is 38.0 Å². The molecule has 19 heavy (non-hydrogen) atoms. The smallest absolute Gasteiger partial charge is 0.223 e. The zero-order chi connectivity index (χ0) is 13.5. The lowest BCUT2D eigenvalue weighted by Crippen LogP contribution is -2.17. The van der Waals surface area contributed by atoms with Crippen molar-refractivity contribution in [1.29, 1.82) is 0 Å². The highest BCUT2D eigenvalue weighted by molar-refractivity contribution is 5.40. The largest absolute Gasteiger partial charge is 0.368 e. The molecular weight excluding hydrogens is 236 g/mol. The summed E-state index contributed by atoms with van der Waals surface area (Å²) in [6.07, 6.45) is 2.16. The van der Waals surface area contributed by atoms with Gasteiger partial charge in [0.2, 0.25) is 5.95 Å². The van der Waals surface area contributed by atoms with Crippen LogP contribution in [0.1, 0.15) is 49.8 Å². The van der Waals surface area contributed by atoms with E-state index in [9.17, 15) is 0 Å². The van der Waals surface area contributed by atoms with E-state index in [1.165, 1.54) is 5.56 Å². The van der Waals surface area contributed by atoms with Crippen molar-refractivity contribution in [2.75, 3.05) is 5.73 Å². The number of nitrogens with two attached hydrogens (primary N) is 1. The van der Waals surface area contributed by atoms with Crippen molar-refractivity contribution in [3.8, 4) is 0 Å². The van der Waals surface area contributed by atoms with E-state index in [1.807, 2.05) is 6.07 Å². The summed E-state index contributed by atoms with van der Waals surface area (Å²) in [6, 6.07) is 10.4. The Morgan fingerprint density at radius 2 is 1.74 bits per heavy atom. The molecule has 1 saturated carbocycles. The maximum Gasteiger partial charge on any atom is 0.223 e. The van der Waals surface area contributed by atoms with E-state index < -0.39 is 0 Å². The molecule has 4 heteroatoms. The van der Waals surface area contributed by atoms with Crippen molar-refractivity contribution in [3.63, 3.8) is 0 Å². The van der Waals surface area contributed by atoms with Crippen molar-refractivity contribution in [2.24, 2.45) is 0 Å². The topological polar surface area (TPSA) is 64.7 Å². The summed E-state index contributed by atoms with van der Waals surface area (Å²) >= 11 is 0. The molecular formula is C15H18N4. The van der Waals surface area contributed by atoms with Crippen LogP contribution >= 0.6 is 0 Å². The molecule has 0 saturated heterocycles. The Morgan fingerprint density at radius 1 is 1.05 bits per heavy atom. The van der Waals surface area contributed by atoms with Crippen molar-refractivity contribution in [3.05, 3.63) is 47.5 Å². The number of aromatic nitrogens is 3. The molecule has 0 unspecified atom stereocenters. The predicted molar refractivity (Wildman–Crippen MR) is 74.8 cm³/mol. The fourth-order valence-electron chi connectivity index (χ4n) is 2.41. The fraction of sp³-hybridized carbons (Fsp3) is 0.400. The second-order valence-corrected chi connectivity index (χ2v) is 5.48. The highest BCUT2D eigenvalue weighted by atomic mass is 15.1. The van der Waals surface area contributed by atoms with Gasteiger partial charge in [0.05, 0.1) is 5.41 Å². The van der Waals surface area contributed by atoms with Gasteiger partial charge in [0.25, 0.3) is 0 Å². The molecule has 98 valence electrons. The summed E-state index contributed by atoms with van der Waals surface area (Å²) in [7, 11) is 0. The quantitative estimate of drug-likeness (QED) is 0.914. The molecule has 0 spiro atoms. The summed E-state index contributed by atoms with van der Waals surface area (Å²) in [6.45, 7) is 4.14. The first-order chi connectivity index (χ1) is 9.12. The van der Waals surface area contributed by atoms with Gasteiger partial charge in [-0.1, -0.05) is 44.2 Å². The molecule has 0 aliphatic heterocycles. The maximum absolute atomic E-state index is 5.84. The first-order valence-electron chi connectivity index (χ1n) is 6.69. The van der Waals surface area contributed by atoms with Crippen LogP contribution in [0.3, 0.4) is 0 Å². The normalized spacial score (nSPS) is 16.6. The molecule has 0 bridgehead atoms. The molecule has 1 aliphatic carbocycles. The number of hydrogen-bond donors (Lipinski definition) is 1. The fourth-order valence-corrected chi connectivity index (χ4v) is 2.41. The molecule has 1 aromatic carbocycles. The molecule has 1 aliphatic rings. The second kappa shape index (κ2) is 4.30. The van der Waals surface area contributed by atoms with Gasteiger partial charge < -0.3 is 5.73 Å². The summed E-state index contributed by atoms with van der Waals surface area (Å²) in [4.78, 5) is 13.2. The van der Waals surface area contributed by atoms with Gasteiger partial charge >= 0.3 is 0 Å². The van der Waals surface area contributed by atoms with Crippen molar-refractivity contribution < 1.29 is 0 Å². The molecule has 0 amide bonds. The van der Waals surface area contributed by atoms with Crippen LogP contribution in [-0.4, -0.2) is 15.0 Å². The number of benzene rings is 1. The monoisotopic (exact) mass is 254 g/mol. The first kappa shape index (κ1) is 12.1. The molecule has 1 heterocycles. The lowest BCUT2D eigenvalue weighted by atomic mass is 9.95. The van der Waals surface area contributed by atoms with Crippen LogP contribution in [-0.2, 0) is 5.41 Å². The number of nitrogen functional groups attached to an aromatic ring is 1. The van der Waals surface area contributed by atoms with Crippen LogP contribution in [0, 0.1) is 0 Å². The molecule has 2 aromatic rings. The van der Waals surface area contributed by atoms with E-state index in [2.05, 4.69) is 53.1 Å². The van der Waals surface area contributed by atoms with Gasteiger partial charge in [0, 0.05) is 5.92 Å². The Hall–Kier alpha value is -1.97. The minimum absolute atomic E-state index is 0.0397. The van der Waals surface area contributed by atoms with E-state index in [4.69, 9.17) is 5.73 Å². The number of rotatable bonds is 3. The average molecular weight is 254 g/mol. The molecule has 1 fully saturated rings. The second-order valence-electron chi connectivity index (χ2n) is 5.48. The van der Waals surface area contributed by atoms with E-state index in [0.29, 0.717) is 5.95 Å². The number of nitrogens with zero attached hydrogens (tertiary/aromatic N) is 3. The first-order valence-corrected chi connectivity index (χ1v) is 6.69. The zero-order valence-corrected chi connectivity index (χ0v) is 11.3. The van der Waals surface area contributed by atoms with Gasteiger partial charge in [-0.25, -0.2) is 4.98 Å². The van der Waals surface area contributed by atoms with E-state index in [1.54, 1.807) is 0 Å². The van der Waals surface area contributed by atoms with Crippen LogP contribution in [0.4, 0.5) is 5.95 Å². The van der Waals surface area contributed by atoms with Crippen LogP contribution in [0.15, 0.2) is 30.3 Å². The summed E-state index contributed by atoms with van der Waals surface area (Å²) in [5.41, 5.74) is 7.07. The van der Waals surface area contributed by atoms with E-state index >= 15 is 0 Å². The van der Waals surface area contributed by atoms with Crippen molar-refractivity contribution in [1.82, 2.24) is 15.0 Å². The Morgan fingerprint density at radius 3 is 2.32 bits per heavy atom. The molecule has 1 aromatic heterocycles. The van der Waals surface area contributed by atoms with Crippen molar-refractivity contribution >= 4 is 5.95 Å². The highest BCUT2D eigenvalue weighted by Crippen LogP contribution is 2.52. The summed E-state index contributed by atoms with van der Waals surface area (Å²) < 4.78 is 0. The molecule has 0 atom stereocenters. The Balaban J connectivity index is 2.07. The van der Waals surface area contributed by atoms with Gasteiger partial charge in [-0.3, -0.25) is 0 Å². The third kappa shape index (κ3) is 2.07. The molecule has 2 N–H and O–H groups in total. The number of anilines is 1.